The van der Waals surface area contributed by atoms with E-state index in [1.54, 1.807) is 0 Å². The number of esters is 1. The van der Waals surface area contributed by atoms with E-state index >= 15 is 0 Å². The molecule has 0 aromatic heterocycles. The van der Waals surface area contributed by atoms with Gasteiger partial charge in [0.05, 0.1) is 17.5 Å². The van der Waals surface area contributed by atoms with E-state index in [1.807, 2.05) is 24.3 Å². The summed E-state index contributed by atoms with van der Waals surface area (Å²) in [5.74, 6) is 1.33. The van der Waals surface area contributed by atoms with Gasteiger partial charge in [0.2, 0.25) is 0 Å². The fourth-order valence-corrected chi connectivity index (χ4v) is 5.31. The first-order valence-corrected chi connectivity index (χ1v) is 12.8. The average molecular weight is 467 g/mol. The Morgan fingerprint density at radius 1 is 1.03 bits per heavy atom. The molecule has 0 radical (unpaired) electrons. The number of anilines is 1. The van der Waals surface area contributed by atoms with Crippen LogP contribution in [0.1, 0.15) is 65.2 Å². The van der Waals surface area contributed by atoms with Crippen molar-refractivity contribution in [2.24, 2.45) is 4.99 Å². The molecule has 35 heavy (non-hydrogen) atoms. The predicted octanol–water partition coefficient (Wildman–Crippen LogP) is 4.92. The highest BCUT2D eigenvalue weighted by molar-refractivity contribution is 5.99. The Labute approximate surface area is 205 Å². The van der Waals surface area contributed by atoms with E-state index in [0.29, 0.717) is 12.2 Å². The van der Waals surface area contributed by atoms with Gasteiger partial charge < -0.3 is 14.8 Å². The molecule has 1 N–H and O–H groups in total. The van der Waals surface area contributed by atoms with Gasteiger partial charge in [-0.05, 0) is 67.0 Å². The van der Waals surface area contributed by atoms with Crippen molar-refractivity contribution < 1.29 is 14.3 Å². The van der Waals surface area contributed by atoms with E-state index in [-0.39, 0.29) is 5.97 Å². The highest BCUT2D eigenvalue weighted by atomic mass is 16.5. The highest BCUT2D eigenvalue weighted by Crippen LogP contribution is 2.41. The van der Waals surface area contributed by atoms with Crippen molar-refractivity contribution in [2.45, 2.75) is 45.4 Å². The summed E-state index contributed by atoms with van der Waals surface area (Å²) < 4.78 is 12.2. The molecule has 6 rings (SSSR count). The predicted molar refractivity (Wildman–Crippen MR) is 137 cm³/mol. The number of benzene rings is 3. The van der Waals surface area contributed by atoms with Crippen LogP contribution >= 0.6 is 0 Å². The molecule has 0 spiro atoms. The molecule has 0 saturated heterocycles. The molecule has 0 bridgehead atoms. The monoisotopic (exact) mass is 466 g/mol. The largest absolute Gasteiger partial charge is 0.462 e. The lowest BCUT2D eigenvalue weighted by molar-refractivity contribution is 0.0499. The topological polar surface area (TPSA) is 59.9 Å². The van der Waals surface area contributed by atoms with Crippen LogP contribution in [-0.2, 0) is 17.6 Å². The smallest absolute Gasteiger partial charge is 0.338 e. The number of aryl methyl sites for hydroxylation is 2. The third kappa shape index (κ3) is 3.99. The average Bonchev–Trinajstić information content (AvgIpc) is 2.89. The summed E-state index contributed by atoms with van der Waals surface area (Å²) in [6.45, 7) is 4.35. The normalized spacial score (nSPS) is 15.4. The summed E-state index contributed by atoms with van der Waals surface area (Å²) in [4.78, 5) is 17.9. The number of ether oxygens (including phenoxy) is 2. The third-order valence-electron chi connectivity index (χ3n) is 7.12. The summed E-state index contributed by atoms with van der Waals surface area (Å²) in [5.41, 5.74) is 7.20. The number of hydrogen-bond donors (Lipinski definition) is 1. The second-order valence-electron chi connectivity index (χ2n) is 9.51. The van der Waals surface area contributed by atoms with E-state index in [2.05, 4.69) is 36.5 Å². The molecule has 0 unspecified atom stereocenters. The molecular formula is C30H30N2O3. The van der Waals surface area contributed by atoms with Gasteiger partial charge in [0.25, 0.3) is 0 Å². The van der Waals surface area contributed by atoms with Gasteiger partial charge in [-0.25, -0.2) is 4.79 Å². The van der Waals surface area contributed by atoms with Crippen LogP contribution in [-0.4, -0.2) is 25.7 Å². The molecule has 3 aliphatic rings. The summed E-state index contributed by atoms with van der Waals surface area (Å²) >= 11 is 0. The molecular weight excluding hydrogens is 436 g/mol. The number of hydrogen-bond acceptors (Lipinski definition) is 5. The molecule has 5 nitrogen and oxygen atoms in total. The summed E-state index contributed by atoms with van der Waals surface area (Å²) in [5, 5.41) is 5.55. The zero-order valence-electron chi connectivity index (χ0n) is 20.2. The Kier molecular flexibility index (Phi) is 5.77. The van der Waals surface area contributed by atoms with Gasteiger partial charge in [-0.1, -0.05) is 31.5 Å². The number of fused-ring (bicyclic) bond motifs is 4. The highest BCUT2D eigenvalue weighted by Gasteiger charge is 2.27. The maximum absolute atomic E-state index is 13.2. The fraction of sp³-hybridized carbons (Fsp3) is 0.333. The van der Waals surface area contributed by atoms with E-state index in [1.165, 1.54) is 11.1 Å². The molecule has 0 atom stereocenters. The van der Waals surface area contributed by atoms with Crippen molar-refractivity contribution in [1.29, 1.82) is 0 Å². The Bertz CT molecular complexity index is 1440. The van der Waals surface area contributed by atoms with Crippen molar-refractivity contribution in [3.63, 3.8) is 0 Å². The zero-order chi connectivity index (χ0) is 23.8. The lowest BCUT2D eigenvalue weighted by Gasteiger charge is -2.27. The van der Waals surface area contributed by atoms with E-state index in [0.717, 1.165) is 96.1 Å². The van der Waals surface area contributed by atoms with Gasteiger partial charge >= 0.3 is 5.97 Å². The number of carbonyl (C=O) groups excluding carboxylic acids is 1. The Balaban J connectivity index is 1.61. The number of carbonyl (C=O) groups is 1. The standard InChI is InChI=1S/C30H30N2O3/c1-2-3-14-34-30(33)22-11-5-4-10-21(22)29-23-15-19-8-6-12-31-25(19)17-27(23)35-28-18-26-20(16-24(28)29)9-7-13-32-26/h4-5,10-11,15-18,31H,2-3,6-9,12-14H2,1H3. The van der Waals surface area contributed by atoms with Crippen molar-refractivity contribution >= 4 is 17.2 Å². The van der Waals surface area contributed by atoms with Crippen LogP contribution < -0.4 is 20.6 Å². The molecule has 3 aliphatic heterocycles. The first-order valence-electron chi connectivity index (χ1n) is 12.8. The maximum atomic E-state index is 13.2. The molecule has 3 heterocycles. The molecule has 5 heteroatoms. The van der Waals surface area contributed by atoms with Crippen LogP contribution in [0.25, 0.3) is 5.57 Å². The van der Waals surface area contributed by atoms with E-state index in [9.17, 15) is 4.79 Å². The van der Waals surface area contributed by atoms with Gasteiger partial charge in [-0.15, -0.1) is 0 Å². The Hall–Kier alpha value is -3.60. The Morgan fingerprint density at radius 2 is 1.91 bits per heavy atom. The first kappa shape index (κ1) is 21.9. The third-order valence-corrected chi connectivity index (χ3v) is 7.12. The Morgan fingerprint density at radius 3 is 2.83 bits per heavy atom. The number of nitrogens with one attached hydrogen (secondary N) is 1. The molecule has 178 valence electrons. The number of unbranched alkanes of at least 4 members (excludes halogenated alkanes) is 1. The molecule has 3 aromatic carbocycles. The van der Waals surface area contributed by atoms with Crippen molar-refractivity contribution in [3.05, 3.63) is 86.9 Å². The van der Waals surface area contributed by atoms with Crippen molar-refractivity contribution in [1.82, 2.24) is 0 Å². The van der Waals surface area contributed by atoms with Gasteiger partial charge in [0.1, 0.15) is 11.5 Å². The molecule has 0 aliphatic carbocycles. The minimum atomic E-state index is -0.274. The lowest BCUT2D eigenvalue weighted by atomic mass is 9.87. The number of rotatable bonds is 5. The van der Waals surface area contributed by atoms with Crippen molar-refractivity contribution in [3.8, 4) is 11.5 Å². The van der Waals surface area contributed by atoms with Gasteiger partial charge in [0, 0.05) is 47.3 Å². The second-order valence-corrected chi connectivity index (χ2v) is 9.51. The van der Waals surface area contributed by atoms with E-state index < -0.39 is 0 Å². The first-order chi connectivity index (χ1) is 17.2. The van der Waals surface area contributed by atoms with Crippen LogP contribution in [0.4, 0.5) is 5.69 Å². The minimum absolute atomic E-state index is 0.274. The van der Waals surface area contributed by atoms with Crippen LogP contribution in [0.15, 0.2) is 53.5 Å². The van der Waals surface area contributed by atoms with Crippen LogP contribution in [0.3, 0.4) is 0 Å². The summed E-state index contributed by atoms with van der Waals surface area (Å²) in [6, 6.07) is 16.5. The van der Waals surface area contributed by atoms with E-state index in [4.69, 9.17) is 14.5 Å². The van der Waals surface area contributed by atoms with Crippen LogP contribution in [0, 0.1) is 0 Å². The minimum Gasteiger partial charge on any atom is -0.462 e. The van der Waals surface area contributed by atoms with Crippen LogP contribution in [0.2, 0.25) is 0 Å². The molecule has 0 saturated carbocycles. The van der Waals surface area contributed by atoms with Crippen molar-refractivity contribution in [2.75, 3.05) is 25.0 Å². The molecule has 0 amide bonds. The zero-order valence-corrected chi connectivity index (χ0v) is 20.2. The SMILES string of the molecule is CCCCOC(=O)c1ccccc1C1=c2cc3c(cc2Oc2cc4c(cc21)CCCN4)=NCCC3. The van der Waals surface area contributed by atoms with Gasteiger partial charge in [-0.2, -0.15) is 0 Å². The summed E-state index contributed by atoms with van der Waals surface area (Å²) in [6.07, 6.45) is 6.03. The maximum Gasteiger partial charge on any atom is 0.338 e. The van der Waals surface area contributed by atoms with Gasteiger partial charge in [-0.3, -0.25) is 4.99 Å². The molecule has 3 aromatic rings. The van der Waals surface area contributed by atoms with Gasteiger partial charge in [0.15, 0.2) is 0 Å². The second kappa shape index (κ2) is 9.21. The molecule has 0 fully saturated rings. The fourth-order valence-electron chi connectivity index (χ4n) is 5.31. The quantitative estimate of drug-likeness (QED) is 0.335. The lowest BCUT2D eigenvalue weighted by Crippen LogP contribution is -2.26. The van der Waals surface area contributed by atoms with Crippen LogP contribution in [0.5, 0.6) is 11.5 Å². The number of nitrogens with zero attached hydrogens (tertiary/aromatic N) is 1. The summed E-state index contributed by atoms with van der Waals surface area (Å²) in [7, 11) is 0.